The second-order valence-electron chi connectivity index (χ2n) is 9.35. The number of nitrogens with zero attached hydrogens (tertiary/aromatic N) is 1. The van der Waals surface area contributed by atoms with Crippen LogP contribution < -0.4 is 5.32 Å². The fourth-order valence-corrected chi connectivity index (χ4v) is 4.56. The number of anilines is 1. The lowest BCUT2D eigenvalue weighted by molar-refractivity contribution is -0.114. The van der Waals surface area contributed by atoms with Gasteiger partial charge in [0.15, 0.2) is 0 Å². The number of benzene rings is 2. The Morgan fingerprint density at radius 1 is 1.21 bits per heavy atom. The highest BCUT2D eigenvalue weighted by Crippen LogP contribution is 2.44. The summed E-state index contributed by atoms with van der Waals surface area (Å²) in [6, 6.07) is 12.6. The molecule has 1 aliphatic heterocycles. The molecule has 2 amide bonds. The maximum absolute atomic E-state index is 14.9. The molecule has 2 fully saturated rings. The van der Waals surface area contributed by atoms with Crippen LogP contribution >= 0.6 is 0 Å². The maximum Gasteiger partial charge on any atom is 0.412 e. The lowest BCUT2D eigenvalue weighted by atomic mass is 9.95. The first-order chi connectivity index (χ1) is 15.7. The number of hydrogen-bond acceptors (Lipinski definition) is 4. The average molecular weight is 455 g/mol. The third kappa shape index (κ3) is 5.53. The molecule has 0 radical (unpaired) electrons. The average Bonchev–Trinajstić information content (AvgIpc) is 3.53. The highest BCUT2D eigenvalue weighted by molar-refractivity contribution is 5.88. The van der Waals surface area contributed by atoms with E-state index in [9.17, 15) is 14.0 Å². The molecule has 0 unspecified atom stereocenters. The van der Waals surface area contributed by atoms with E-state index >= 15 is 0 Å². The number of amides is 2. The minimum absolute atomic E-state index is 0.189. The summed E-state index contributed by atoms with van der Waals surface area (Å²) < 4.78 is 26.4. The van der Waals surface area contributed by atoms with Gasteiger partial charge in [-0.1, -0.05) is 30.3 Å². The number of hydrogen-bond donors (Lipinski definition) is 1. The second-order valence-corrected chi connectivity index (χ2v) is 9.35. The number of aryl methyl sites for hydroxylation is 1. The summed E-state index contributed by atoms with van der Waals surface area (Å²) in [7, 11) is 0. The highest BCUT2D eigenvalue weighted by atomic mass is 19.1. The maximum atomic E-state index is 14.9. The molecule has 4 rings (SSSR count). The zero-order valence-electron chi connectivity index (χ0n) is 19.4. The molecule has 1 aliphatic carbocycles. The molecule has 176 valence electrons. The number of halogens is 1. The molecule has 33 heavy (non-hydrogen) atoms. The van der Waals surface area contributed by atoms with Gasteiger partial charge in [-0.05, 0) is 74.3 Å². The molecule has 0 aromatic heterocycles. The summed E-state index contributed by atoms with van der Waals surface area (Å²) in [6.45, 7) is 5.69. The van der Waals surface area contributed by atoms with E-state index in [0.717, 1.165) is 29.5 Å². The molecule has 2 aromatic carbocycles. The van der Waals surface area contributed by atoms with E-state index in [-0.39, 0.29) is 30.3 Å². The first-order valence-corrected chi connectivity index (χ1v) is 11.5. The second kappa shape index (κ2) is 9.51. The lowest BCUT2D eigenvalue weighted by Crippen LogP contribution is -2.48. The topological polar surface area (TPSA) is 67.9 Å². The van der Waals surface area contributed by atoms with Crippen LogP contribution in [0.15, 0.2) is 42.5 Å². The molecule has 1 atom stereocenters. The van der Waals surface area contributed by atoms with Gasteiger partial charge in [-0.2, -0.15) is 0 Å². The predicted octanol–water partition coefficient (Wildman–Crippen LogP) is 5.37. The van der Waals surface area contributed by atoms with E-state index in [0.29, 0.717) is 25.1 Å². The fourth-order valence-electron chi connectivity index (χ4n) is 4.56. The third-order valence-corrected chi connectivity index (χ3v) is 6.24. The molecular weight excluding hydrogens is 423 g/mol. The standard InChI is InChI=1S/C26H31FN2O4/c1-17(30)28-21-13-20(24(19-9-10-19)23(27)14-21)11-12-22-16-33-26(2,3)29(22)25(31)32-15-18-7-5-4-6-8-18/h4-8,13-14,19,22H,9-12,15-16H2,1-3H3,(H,28,30)/t22-/m0/s1. The lowest BCUT2D eigenvalue weighted by Gasteiger charge is -2.33. The SMILES string of the molecule is CC(=O)Nc1cc(F)c(C2CC2)c(CC[C@H]2COC(C)(C)N2C(=O)OCc2ccccc2)c1. The summed E-state index contributed by atoms with van der Waals surface area (Å²) >= 11 is 0. The zero-order valence-corrected chi connectivity index (χ0v) is 19.4. The van der Waals surface area contributed by atoms with Gasteiger partial charge in [-0.15, -0.1) is 0 Å². The van der Waals surface area contributed by atoms with Crippen molar-refractivity contribution < 1.29 is 23.5 Å². The summed E-state index contributed by atoms with van der Waals surface area (Å²) in [5, 5.41) is 2.68. The number of nitrogens with one attached hydrogen (secondary N) is 1. The molecular formula is C26H31FN2O4. The Morgan fingerprint density at radius 2 is 1.94 bits per heavy atom. The van der Waals surface area contributed by atoms with Crippen molar-refractivity contribution in [2.45, 2.75) is 70.7 Å². The largest absolute Gasteiger partial charge is 0.444 e. The Labute approximate surface area is 194 Å². The van der Waals surface area contributed by atoms with E-state index in [1.54, 1.807) is 4.90 Å². The van der Waals surface area contributed by atoms with Gasteiger partial charge in [0, 0.05) is 12.6 Å². The van der Waals surface area contributed by atoms with Gasteiger partial charge >= 0.3 is 6.09 Å². The van der Waals surface area contributed by atoms with Crippen molar-refractivity contribution in [1.29, 1.82) is 0 Å². The van der Waals surface area contributed by atoms with Crippen molar-refractivity contribution in [2.75, 3.05) is 11.9 Å². The Kier molecular flexibility index (Phi) is 6.70. The van der Waals surface area contributed by atoms with E-state index in [2.05, 4.69) is 5.32 Å². The highest BCUT2D eigenvalue weighted by Gasteiger charge is 2.44. The van der Waals surface area contributed by atoms with Crippen molar-refractivity contribution in [3.05, 3.63) is 65.0 Å². The molecule has 0 spiro atoms. The summed E-state index contributed by atoms with van der Waals surface area (Å²) in [4.78, 5) is 26.1. The molecule has 0 bridgehead atoms. The van der Waals surface area contributed by atoms with Gasteiger partial charge in [-0.25, -0.2) is 9.18 Å². The molecule has 2 aromatic rings. The van der Waals surface area contributed by atoms with Crippen LogP contribution in [-0.4, -0.2) is 35.3 Å². The van der Waals surface area contributed by atoms with Gasteiger partial charge in [0.2, 0.25) is 5.91 Å². The quantitative estimate of drug-likeness (QED) is 0.611. The monoisotopic (exact) mass is 454 g/mol. The van der Waals surface area contributed by atoms with Crippen molar-refractivity contribution >= 4 is 17.7 Å². The molecule has 1 saturated heterocycles. The number of carbonyl (C=O) groups excluding carboxylic acids is 2. The molecule has 6 nitrogen and oxygen atoms in total. The van der Waals surface area contributed by atoms with Crippen LogP contribution in [0, 0.1) is 5.82 Å². The minimum atomic E-state index is -0.791. The van der Waals surface area contributed by atoms with Crippen LogP contribution in [0.25, 0.3) is 0 Å². The van der Waals surface area contributed by atoms with Gasteiger partial charge in [0.25, 0.3) is 0 Å². The van der Waals surface area contributed by atoms with E-state index < -0.39 is 11.8 Å². The van der Waals surface area contributed by atoms with Gasteiger partial charge < -0.3 is 14.8 Å². The van der Waals surface area contributed by atoms with Gasteiger partial charge in [0.05, 0.1) is 12.6 Å². The molecule has 2 aliphatic rings. The van der Waals surface area contributed by atoms with Crippen LogP contribution in [0.5, 0.6) is 0 Å². The van der Waals surface area contributed by atoms with Crippen molar-refractivity contribution in [1.82, 2.24) is 4.90 Å². The first-order valence-electron chi connectivity index (χ1n) is 11.5. The van der Waals surface area contributed by atoms with Crippen molar-refractivity contribution in [3.63, 3.8) is 0 Å². The van der Waals surface area contributed by atoms with Gasteiger partial charge in [-0.3, -0.25) is 9.69 Å². The summed E-state index contributed by atoms with van der Waals surface area (Å²) in [6.07, 6.45) is 2.70. The predicted molar refractivity (Wildman–Crippen MR) is 123 cm³/mol. The summed E-state index contributed by atoms with van der Waals surface area (Å²) in [5.74, 6) is -0.284. The first kappa shape index (κ1) is 23.2. The Morgan fingerprint density at radius 3 is 2.61 bits per heavy atom. The fraction of sp³-hybridized carbons (Fsp3) is 0.462. The van der Waals surface area contributed by atoms with Gasteiger partial charge in [0.1, 0.15) is 18.1 Å². The van der Waals surface area contributed by atoms with Crippen molar-refractivity contribution in [2.24, 2.45) is 0 Å². The molecule has 7 heteroatoms. The van der Waals surface area contributed by atoms with Crippen LogP contribution in [0.3, 0.4) is 0 Å². The Hall–Kier alpha value is -2.93. The summed E-state index contributed by atoms with van der Waals surface area (Å²) in [5.41, 5.74) is 2.20. The Balaban J connectivity index is 1.48. The van der Waals surface area contributed by atoms with E-state index in [1.807, 2.05) is 50.2 Å². The minimum Gasteiger partial charge on any atom is -0.444 e. The van der Waals surface area contributed by atoms with Crippen LogP contribution in [0.4, 0.5) is 14.9 Å². The normalized spacial score (nSPS) is 19.4. The number of ether oxygens (including phenoxy) is 2. The number of carbonyl (C=O) groups is 2. The van der Waals surface area contributed by atoms with E-state index in [4.69, 9.17) is 9.47 Å². The smallest absolute Gasteiger partial charge is 0.412 e. The molecule has 1 N–H and O–H groups in total. The molecule has 1 saturated carbocycles. The molecule has 1 heterocycles. The zero-order chi connectivity index (χ0) is 23.6. The Bertz CT molecular complexity index is 1020. The van der Waals surface area contributed by atoms with Crippen LogP contribution in [-0.2, 0) is 27.3 Å². The van der Waals surface area contributed by atoms with Crippen LogP contribution in [0.2, 0.25) is 0 Å². The van der Waals surface area contributed by atoms with Crippen molar-refractivity contribution in [3.8, 4) is 0 Å². The van der Waals surface area contributed by atoms with E-state index in [1.165, 1.54) is 13.0 Å². The third-order valence-electron chi connectivity index (χ3n) is 6.24. The number of rotatable bonds is 7. The van der Waals surface area contributed by atoms with Crippen LogP contribution in [0.1, 0.15) is 62.6 Å².